The third kappa shape index (κ3) is 2.22. The zero-order valence-electron chi connectivity index (χ0n) is 10.2. The van der Waals surface area contributed by atoms with Gasteiger partial charge in [0.2, 0.25) is 0 Å². The van der Waals surface area contributed by atoms with E-state index >= 15 is 0 Å². The minimum atomic E-state index is -0.106. The lowest BCUT2D eigenvalue weighted by Crippen LogP contribution is -2.27. The number of carbonyl (C=O) groups excluding carboxylic acids is 1. The van der Waals surface area contributed by atoms with Gasteiger partial charge in [-0.15, -0.1) is 0 Å². The number of nitrogens with zero attached hydrogens (tertiary/aromatic N) is 2. The standard InChI is InChI=1S/C12H16N4O/c1-8(10-7-14-16(3)9(10)2)15-12(17)11-5-4-6-13-11/h4-8,13H,1-3H3,(H,15,17). The van der Waals surface area contributed by atoms with Crippen molar-refractivity contribution in [2.24, 2.45) is 7.05 Å². The zero-order valence-corrected chi connectivity index (χ0v) is 10.2. The van der Waals surface area contributed by atoms with Crippen LogP contribution in [0.5, 0.6) is 0 Å². The van der Waals surface area contributed by atoms with Crippen molar-refractivity contribution in [1.29, 1.82) is 0 Å². The van der Waals surface area contributed by atoms with Crippen LogP contribution in [-0.4, -0.2) is 20.7 Å². The Hall–Kier alpha value is -2.04. The highest BCUT2D eigenvalue weighted by molar-refractivity contribution is 5.92. The lowest BCUT2D eigenvalue weighted by Gasteiger charge is -2.12. The van der Waals surface area contributed by atoms with E-state index in [9.17, 15) is 4.79 Å². The molecule has 0 radical (unpaired) electrons. The van der Waals surface area contributed by atoms with E-state index in [1.54, 1.807) is 29.2 Å². The minimum Gasteiger partial charge on any atom is -0.357 e. The van der Waals surface area contributed by atoms with Gasteiger partial charge in [-0.25, -0.2) is 0 Å². The highest BCUT2D eigenvalue weighted by atomic mass is 16.1. The van der Waals surface area contributed by atoms with E-state index in [2.05, 4.69) is 15.4 Å². The summed E-state index contributed by atoms with van der Waals surface area (Å²) in [5.41, 5.74) is 2.66. The predicted octanol–water partition coefficient (Wildman–Crippen LogP) is 1.55. The van der Waals surface area contributed by atoms with E-state index in [1.807, 2.05) is 20.9 Å². The fourth-order valence-corrected chi connectivity index (χ4v) is 1.76. The van der Waals surface area contributed by atoms with Gasteiger partial charge in [0.15, 0.2) is 0 Å². The van der Waals surface area contributed by atoms with Gasteiger partial charge >= 0.3 is 0 Å². The number of amides is 1. The molecule has 17 heavy (non-hydrogen) atoms. The van der Waals surface area contributed by atoms with E-state index in [0.29, 0.717) is 5.69 Å². The molecule has 2 rings (SSSR count). The molecule has 5 nitrogen and oxygen atoms in total. The predicted molar refractivity (Wildman–Crippen MR) is 64.6 cm³/mol. The van der Waals surface area contributed by atoms with Crippen LogP contribution in [0.4, 0.5) is 0 Å². The summed E-state index contributed by atoms with van der Waals surface area (Å²) < 4.78 is 1.80. The second-order valence-electron chi connectivity index (χ2n) is 4.09. The van der Waals surface area contributed by atoms with Gasteiger partial charge in [0.1, 0.15) is 5.69 Å². The average molecular weight is 232 g/mol. The first kappa shape index (κ1) is 11.4. The summed E-state index contributed by atoms with van der Waals surface area (Å²) in [6, 6.07) is 3.49. The molecule has 0 aliphatic heterocycles. The van der Waals surface area contributed by atoms with Crippen LogP contribution < -0.4 is 5.32 Å². The smallest absolute Gasteiger partial charge is 0.268 e. The molecule has 5 heteroatoms. The summed E-state index contributed by atoms with van der Waals surface area (Å²) in [5, 5.41) is 7.09. The average Bonchev–Trinajstić information content (AvgIpc) is 2.90. The van der Waals surface area contributed by atoms with Crippen LogP contribution in [0.25, 0.3) is 0 Å². The van der Waals surface area contributed by atoms with Crippen molar-refractivity contribution in [1.82, 2.24) is 20.1 Å². The summed E-state index contributed by atoms with van der Waals surface area (Å²) in [4.78, 5) is 14.7. The van der Waals surface area contributed by atoms with E-state index < -0.39 is 0 Å². The van der Waals surface area contributed by atoms with Crippen molar-refractivity contribution in [2.45, 2.75) is 19.9 Å². The van der Waals surface area contributed by atoms with E-state index in [0.717, 1.165) is 11.3 Å². The van der Waals surface area contributed by atoms with Crippen LogP contribution in [0.3, 0.4) is 0 Å². The van der Waals surface area contributed by atoms with Gasteiger partial charge in [-0.05, 0) is 26.0 Å². The first-order valence-corrected chi connectivity index (χ1v) is 5.52. The molecule has 0 spiro atoms. The van der Waals surface area contributed by atoms with Gasteiger partial charge in [-0.3, -0.25) is 9.48 Å². The molecule has 2 N–H and O–H groups in total. The molecule has 0 aliphatic carbocycles. The van der Waals surface area contributed by atoms with Gasteiger partial charge in [-0.2, -0.15) is 5.10 Å². The first-order valence-electron chi connectivity index (χ1n) is 5.52. The van der Waals surface area contributed by atoms with Crippen molar-refractivity contribution < 1.29 is 4.79 Å². The molecule has 2 aromatic rings. The second kappa shape index (κ2) is 4.45. The highest BCUT2D eigenvalue weighted by Gasteiger charge is 2.15. The summed E-state index contributed by atoms with van der Waals surface area (Å²) in [6.45, 7) is 3.94. The van der Waals surface area contributed by atoms with E-state index in [4.69, 9.17) is 0 Å². The van der Waals surface area contributed by atoms with Crippen molar-refractivity contribution in [3.63, 3.8) is 0 Å². The molecule has 0 aliphatic rings. The van der Waals surface area contributed by atoms with Crippen LogP contribution in [0.15, 0.2) is 24.5 Å². The number of carbonyl (C=O) groups is 1. The first-order chi connectivity index (χ1) is 8.09. The number of hydrogen-bond donors (Lipinski definition) is 2. The summed E-state index contributed by atoms with van der Waals surface area (Å²) >= 11 is 0. The minimum absolute atomic E-state index is 0.0560. The van der Waals surface area contributed by atoms with Crippen LogP contribution in [0.2, 0.25) is 0 Å². The second-order valence-corrected chi connectivity index (χ2v) is 4.09. The summed E-state index contributed by atoms with van der Waals surface area (Å²) in [7, 11) is 1.89. The SMILES string of the molecule is Cc1c(C(C)NC(=O)c2ccc[nH]2)cnn1C. The largest absolute Gasteiger partial charge is 0.357 e. The Labute approximate surface area is 99.8 Å². The number of aromatic amines is 1. The molecule has 0 fully saturated rings. The Kier molecular flexibility index (Phi) is 2.99. The summed E-state index contributed by atoms with van der Waals surface area (Å²) in [5.74, 6) is -0.106. The Morgan fingerprint density at radius 3 is 2.88 bits per heavy atom. The van der Waals surface area contributed by atoms with Gasteiger partial charge in [0.05, 0.1) is 12.2 Å². The number of hydrogen-bond acceptors (Lipinski definition) is 2. The van der Waals surface area contributed by atoms with Crippen LogP contribution in [-0.2, 0) is 7.05 Å². The topological polar surface area (TPSA) is 62.7 Å². The van der Waals surface area contributed by atoms with Crippen molar-refractivity contribution >= 4 is 5.91 Å². The Morgan fingerprint density at radius 1 is 1.59 bits per heavy atom. The molecule has 0 saturated heterocycles. The van der Waals surface area contributed by atoms with Gasteiger partial charge in [0, 0.05) is 24.5 Å². The quantitative estimate of drug-likeness (QED) is 0.843. The maximum Gasteiger partial charge on any atom is 0.268 e. The molecule has 1 unspecified atom stereocenters. The van der Waals surface area contributed by atoms with Crippen LogP contribution >= 0.6 is 0 Å². The van der Waals surface area contributed by atoms with Crippen LogP contribution in [0.1, 0.15) is 34.7 Å². The molecule has 2 aromatic heterocycles. The van der Waals surface area contributed by atoms with Crippen molar-refractivity contribution in [3.8, 4) is 0 Å². The highest BCUT2D eigenvalue weighted by Crippen LogP contribution is 2.16. The zero-order chi connectivity index (χ0) is 12.4. The molecule has 0 bridgehead atoms. The van der Waals surface area contributed by atoms with Gasteiger partial charge < -0.3 is 10.3 Å². The third-order valence-electron chi connectivity index (χ3n) is 2.93. The molecule has 1 atom stereocenters. The normalized spacial score (nSPS) is 12.4. The van der Waals surface area contributed by atoms with Crippen LogP contribution in [0, 0.1) is 6.92 Å². The number of nitrogens with one attached hydrogen (secondary N) is 2. The maximum atomic E-state index is 11.8. The number of aryl methyl sites for hydroxylation is 1. The Bertz CT molecular complexity index is 513. The third-order valence-corrected chi connectivity index (χ3v) is 2.93. The van der Waals surface area contributed by atoms with Crippen molar-refractivity contribution in [3.05, 3.63) is 41.5 Å². The lowest BCUT2D eigenvalue weighted by atomic mass is 10.1. The lowest BCUT2D eigenvalue weighted by molar-refractivity contribution is 0.0935. The fraction of sp³-hybridized carbons (Fsp3) is 0.333. The molecular weight excluding hydrogens is 216 g/mol. The number of H-pyrrole nitrogens is 1. The molecule has 1 amide bonds. The molecular formula is C12H16N4O. The van der Waals surface area contributed by atoms with E-state index in [-0.39, 0.29) is 11.9 Å². The maximum absolute atomic E-state index is 11.8. The Balaban J connectivity index is 2.10. The molecule has 0 aromatic carbocycles. The van der Waals surface area contributed by atoms with E-state index in [1.165, 1.54) is 0 Å². The van der Waals surface area contributed by atoms with Gasteiger partial charge in [0.25, 0.3) is 5.91 Å². The van der Waals surface area contributed by atoms with Gasteiger partial charge in [-0.1, -0.05) is 0 Å². The van der Waals surface area contributed by atoms with Crippen molar-refractivity contribution in [2.75, 3.05) is 0 Å². The number of rotatable bonds is 3. The molecule has 2 heterocycles. The number of aromatic nitrogens is 3. The summed E-state index contributed by atoms with van der Waals surface area (Å²) in [6.07, 6.45) is 3.52. The Morgan fingerprint density at radius 2 is 2.35 bits per heavy atom. The molecule has 0 saturated carbocycles. The molecule has 90 valence electrons. The monoisotopic (exact) mass is 232 g/mol. The fourth-order valence-electron chi connectivity index (χ4n) is 1.76.